The predicted octanol–water partition coefficient (Wildman–Crippen LogP) is 5.17. The summed E-state index contributed by atoms with van der Waals surface area (Å²) in [6, 6.07) is 7.43. The maximum absolute atomic E-state index is 13.5. The number of aromatic nitrogens is 2. The Labute approximate surface area is 194 Å². The van der Waals surface area contributed by atoms with Gasteiger partial charge in [-0.1, -0.05) is 49.2 Å². The molecule has 0 aliphatic carbocycles. The monoisotopic (exact) mass is 480 g/mol. The Bertz CT molecular complexity index is 1160. The Hall–Kier alpha value is -2.45. The molecule has 0 saturated carbocycles. The number of benzene rings is 1. The Morgan fingerprint density at radius 1 is 1.22 bits per heavy atom. The third-order valence-corrected chi connectivity index (χ3v) is 5.55. The highest BCUT2D eigenvalue weighted by atomic mass is 35.5. The predicted molar refractivity (Wildman–Crippen MR) is 123 cm³/mol. The van der Waals surface area contributed by atoms with Crippen LogP contribution in [-0.4, -0.2) is 43.1 Å². The van der Waals surface area contributed by atoms with Crippen molar-refractivity contribution in [2.45, 2.75) is 44.8 Å². The van der Waals surface area contributed by atoms with E-state index in [9.17, 15) is 19.4 Å². The van der Waals surface area contributed by atoms with E-state index in [4.69, 9.17) is 28.3 Å². The van der Waals surface area contributed by atoms with Crippen LogP contribution in [0.25, 0.3) is 22.9 Å². The lowest BCUT2D eigenvalue weighted by molar-refractivity contribution is -0.139. The van der Waals surface area contributed by atoms with Crippen LogP contribution in [0.2, 0.25) is 10.2 Å². The van der Waals surface area contributed by atoms with Crippen molar-refractivity contribution in [1.82, 2.24) is 9.61 Å². The highest BCUT2D eigenvalue weighted by molar-refractivity contribution is 6.37. The van der Waals surface area contributed by atoms with E-state index in [0.29, 0.717) is 32.5 Å². The van der Waals surface area contributed by atoms with Crippen LogP contribution in [0.1, 0.15) is 43.7 Å². The molecule has 0 amide bonds. The zero-order chi connectivity index (χ0) is 23.6. The number of carbonyl (C=O) groups is 1. The third kappa shape index (κ3) is 5.30. The lowest BCUT2D eigenvalue weighted by atomic mass is 9.92. The first-order valence-corrected chi connectivity index (χ1v) is 10.8. The summed E-state index contributed by atoms with van der Waals surface area (Å²) in [5.41, 5.74) is 3.24. The molecule has 0 radical (unpaired) electrons. The minimum Gasteiger partial charge on any atom is -0.481 e. The molecule has 0 spiro atoms. The van der Waals surface area contributed by atoms with Gasteiger partial charge in [-0.05, 0) is 41.8 Å². The van der Waals surface area contributed by atoms with Gasteiger partial charge >= 0.3 is 5.97 Å². The summed E-state index contributed by atoms with van der Waals surface area (Å²) >= 11 is 12.8. The van der Waals surface area contributed by atoms with E-state index in [-0.39, 0.29) is 18.2 Å². The third-order valence-electron chi connectivity index (χ3n) is 4.99. The van der Waals surface area contributed by atoms with Crippen LogP contribution in [0.3, 0.4) is 0 Å². The van der Waals surface area contributed by atoms with E-state index < -0.39 is 24.6 Å². The van der Waals surface area contributed by atoms with Gasteiger partial charge in [0.05, 0.1) is 34.9 Å². The first-order valence-electron chi connectivity index (χ1n) is 10.0. The second-order valence-electron chi connectivity index (χ2n) is 7.83. The number of aliphatic hydroxyl groups is 2. The van der Waals surface area contributed by atoms with Gasteiger partial charge in [0.2, 0.25) is 0 Å². The van der Waals surface area contributed by atoms with Crippen LogP contribution in [0, 0.1) is 5.82 Å². The first-order chi connectivity index (χ1) is 15.1. The van der Waals surface area contributed by atoms with Crippen LogP contribution in [0.15, 0.2) is 36.4 Å². The number of aliphatic carboxylic acids is 1. The van der Waals surface area contributed by atoms with Gasteiger partial charge in [-0.25, -0.2) is 8.91 Å². The average Bonchev–Trinajstić information content (AvgIpc) is 2.98. The van der Waals surface area contributed by atoms with Crippen molar-refractivity contribution in [3.63, 3.8) is 0 Å². The quantitative estimate of drug-likeness (QED) is 0.413. The molecule has 1 aromatic carbocycles. The van der Waals surface area contributed by atoms with Gasteiger partial charge in [-0.2, -0.15) is 5.10 Å². The molecule has 0 fully saturated rings. The van der Waals surface area contributed by atoms with Gasteiger partial charge in [-0.3, -0.25) is 4.79 Å². The molecule has 0 bridgehead atoms. The zero-order valence-electron chi connectivity index (χ0n) is 17.5. The maximum Gasteiger partial charge on any atom is 0.305 e. The van der Waals surface area contributed by atoms with E-state index in [0.717, 1.165) is 5.56 Å². The van der Waals surface area contributed by atoms with E-state index in [1.807, 2.05) is 13.8 Å². The van der Waals surface area contributed by atoms with Crippen molar-refractivity contribution < 1.29 is 24.5 Å². The molecule has 3 rings (SSSR count). The topological polar surface area (TPSA) is 95.1 Å². The number of nitrogens with zero attached hydrogens (tertiary/aromatic N) is 2. The number of hydrogen-bond donors (Lipinski definition) is 3. The molecule has 0 aliphatic rings. The number of rotatable bonds is 8. The van der Waals surface area contributed by atoms with E-state index in [1.54, 1.807) is 24.3 Å². The Morgan fingerprint density at radius 2 is 1.88 bits per heavy atom. The fourth-order valence-electron chi connectivity index (χ4n) is 3.62. The second-order valence-corrected chi connectivity index (χ2v) is 8.62. The summed E-state index contributed by atoms with van der Waals surface area (Å²) in [6.07, 6.45) is 0.250. The lowest BCUT2D eigenvalue weighted by Crippen LogP contribution is -2.19. The van der Waals surface area contributed by atoms with Crippen molar-refractivity contribution in [1.29, 1.82) is 0 Å². The summed E-state index contributed by atoms with van der Waals surface area (Å²) in [6.45, 7) is 3.96. The minimum absolute atomic E-state index is 0.0161. The molecule has 0 saturated heterocycles. The Kier molecular flexibility index (Phi) is 7.56. The van der Waals surface area contributed by atoms with Crippen LogP contribution >= 0.6 is 23.2 Å². The van der Waals surface area contributed by atoms with Gasteiger partial charge in [0.15, 0.2) is 0 Å². The van der Waals surface area contributed by atoms with Gasteiger partial charge in [0.1, 0.15) is 11.0 Å². The largest absolute Gasteiger partial charge is 0.481 e. The number of aliphatic hydroxyl groups excluding tert-OH is 2. The van der Waals surface area contributed by atoms with Crippen molar-refractivity contribution in [3.05, 3.63) is 63.5 Å². The molecule has 0 aliphatic heterocycles. The molecular formula is C23H23Cl2FN2O4. The summed E-state index contributed by atoms with van der Waals surface area (Å²) < 4.78 is 15.1. The molecule has 6 nitrogen and oxygen atoms in total. The number of carboxylic acid groups (broad SMARTS) is 1. The first kappa shape index (κ1) is 24.2. The van der Waals surface area contributed by atoms with Crippen LogP contribution in [-0.2, 0) is 4.79 Å². The van der Waals surface area contributed by atoms with Crippen molar-refractivity contribution >= 4 is 40.8 Å². The normalized spacial score (nSPS) is 13.9. The SMILES string of the molecule is CC(C)c1c(/C=C/C(O)CC(O)CC(=O)O)c(-c2ccc(F)cc2)nn2c(Cl)cc(Cl)c12. The number of halogens is 3. The van der Waals surface area contributed by atoms with Crippen molar-refractivity contribution in [3.8, 4) is 11.3 Å². The van der Waals surface area contributed by atoms with E-state index >= 15 is 0 Å². The highest BCUT2D eigenvalue weighted by Gasteiger charge is 2.22. The second kappa shape index (κ2) is 10.0. The minimum atomic E-state index is -1.19. The molecule has 3 aromatic rings. The molecule has 2 atom stereocenters. The van der Waals surface area contributed by atoms with Gasteiger partial charge in [0.25, 0.3) is 0 Å². The van der Waals surface area contributed by atoms with E-state index in [2.05, 4.69) is 5.10 Å². The number of hydrogen-bond acceptors (Lipinski definition) is 4. The average molecular weight is 481 g/mol. The molecular weight excluding hydrogens is 458 g/mol. The summed E-state index contributed by atoms with van der Waals surface area (Å²) in [5.74, 6) is -1.55. The highest BCUT2D eigenvalue weighted by Crippen LogP contribution is 2.38. The maximum atomic E-state index is 13.5. The summed E-state index contributed by atoms with van der Waals surface area (Å²) in [4.78, 5) is 10.8. The molecule has 2 aromatic heterocycles. The molecule has 9 heteroatoms. The molecule has 3 N–H and O–H groups in total. The zero-order valence-corrected chi connectivity index (χ0v) is 19.0. The standard InChI is InChI=1S/C23H23Cl2FN2O4/c1-12(2)21-17(8-7-15(29)9-16(30)10-20(31)32)22(13-3-5-14(26)6-4-13)27-28-19(25)11-18(24)23(21)28/h3-8,11-12,15-16,29-30H,9-10H2,1-2H3,(H,31,32)/b8-7+. The van der Waals surface area contributed by atoms with Gasteiger partial charge < -0.3 is 15.3 Å². The summed E-state index contributed by atoms with van der Waals surface area (Å²) in [5, 5.41) is 34.3. The molecule has 2 unspecified atom stereocenters. The van der Waals surface area contributed by atoms with Crippen LogP contribution < -0.4 is 0 Å². The van der Waals surface area contributed by atoms with Gasteiger partial charge in [0, 0.05) is 17.5 Å². The molecule has 170 valence electrons. The lowest BCUT2D eigenvalue weighted by Gasteiger charge is -2.18. The molecule has 2 heterocycles. The fraction of sp³-hybridized carbons (Fsp3) is 0.304. The van der Waals surface area contributed by atoms with Crippen LogP contribution in [0.4, 0.5) is 4.39 Å². The van der Waals surface area contributed by atoms with Gasteiger partial charge in [-0.15, -0.1) is 0 Å². The van der Waals surface area contributed by atoms with Crippen LogP contribution in [0.5, 0.6) is 0 Å². The van der Waals surface area contributed by atoms with Crippen molar-refractivity contribution in [2.24, 2.45) is 0 Å². The molecule has 32 heavy (non-hydrogen) atoms. The Morgan fingerprint density at radius 3 is 2.47 bits per heavy atom. The number of fused-ring (bicyclic) bond motifs is 1. The summed E-state index contributed by atoms with van der Waals surface area (Å²) in [7, 11) is 0. The fourth-order valence-corrected chi connectivity index (χ4v) is 4.19. The van der Waals surface area contributed by atoms with E-state index in [1.165, 1.54) is 22.7 Å². The Balaban J connectivity index is 2.16. The number of carboxylic acids is 1. The smallest absolute Gasteiger partial charge is 0.305 e. The van der Waals surface area contributed by atoms with Crippen molar-refractivity contribution in [2.75, 3.05) is 0 Å².